The van der Waals surface area contributed by atoms with E-state index in [0.717, 1.165) is 5.56 Å². The maximum atomic E-state index is 12.6. The molecule has 1 saturated carbocycles. The van der Waals surface area contributed by atoms with E-state index in [9.17, 15) is 4.79 Å². The van der Waals surface area contributed by atoms with Crippen molar-refractivity contribution in [3.8, 4) is 5.75 Å². The number of rotatable bonds is 5. The van der Waals surface area contributed by atoms with E-state index < -0.39 is 0 Å². The van der Waals surface area contributed by atoms with E-state index in [2.05, 4.69) is 0 Å². The number of methoxy groups -OCH3 is 1. The van der Waals surface area contributed by atoms with Crippen molar-refractivity contribution in [3.63, 3.8) is 0 Å². The lowest BCUT2D eigenvalue weighted by atomic mass is 10.1. The summed E-state index contributed by atoms with van der Waals surface area (Å²) in [6.45, 7) is 2.48. The van der Waals surface area contributed by atoms with Crippen molar-refractivity contribution in [2.75, 3.05) is 20.7 Å². The van der Waals surface area contributed by atoms with Crippen molar-refractivity contribution in [2.24, 2.45) is 11.7 Å². The third-order valence-electron chi connectivity index (χ3n) is 3.81. The molecule has 4 heteroatoms. The first-order chi connectivity index (χ1) is 9.08. The second-order valence-corrected chi connectivity index (χ2v) is 5.26. The van der Waals surface area contributed by atoms with Gasteiger partial charge < -0.3 is 15.4 Å². The van der Waals surface area contributed by atoms with E-state index >= 15 is 0 Å². The van der Waals surface area contributed by atoms with Gasteiger partial charge in [-0.3, -0.25) is 4.79 Å². The highest BCUT2D eigenvalue weighted by molar-refractivity contribution is 5.97. The van der Waals surface area contributed by atoms with E-state index in [1.807, 2.05) is 32.2 Å². The van der Waals surface area contributed by atoms with Gasteiger partial charge in [-0.1, -0.05) is 11.6 Å². The summed E-state index contributed by atoms with van der Waals surface area (Å²) in [5.41, 5.74) is 7.47. The second-order valence-electron chi connectivity index (χ2n) is 5.26. The Balaban J connectivity index is 2.24. The van der Waals surface area contributed by atoms with E-state index in [4.69, 9.17) is 10.5 Å². The first-order valence-electron chi connectivity index (χ1n) is 6.70. The van der Waals surface area contributed by atoms with Crippen molar-refractivity contribution in [1.29, 1.82) is 0 Å². The molecule has 1 aromatic carbocycles. The smallest absolute Gasteiger partial charge is 0.257 e. The maximum absolute atomic E-state index is 12.6. The monoisotopic (exact) mass is 262 g/mol. The Morgan fingerprint density at radius 3 is 2.74 bits per heavy atom. The molecule has 0 radical (unpaired) electrons. The summed E-state index contributed by atoms with van der Waals surface area (Å²) in [7, 11) is 3.42. The van der Waals surface area contributed by atoms with Crippen LogP contribution in [0, 0.1) is 12.8 Å². The molecule has 1 amide bonds. The van der Waals surface area contributed by atoms with Gasteiger partial charge in [0.2, 0.25) is 0 Å². The Hall–Kier alpha value is -1.55. The fourth-order valence-corrected chi connectivity index (χ4v) is 2.48. The molecule has 1 unspecified atom stereocenters. The molecule has 0 aliphatic heterocycles. The molecule has 1 atom stereocenters. The average Bonchev–Trinajstić information content (AvgIpc) is 3.23. The Labute approximate surface area is 114 Å². The molecule has 2 rings (SSSR count). The molecular formula is C15H22N2O2. The van der Waals surface area contributed by atoms with Crippen molar-refractivity contribution in [1.82, 2.24) is 4.90 Å². The number of hydrogen-bond acceptors (Lipinski definition) is 3. The van der Waals surface area contributed by atoms with E-state index in [-0.39, 0.29) is 11.9 Å². The number of amides is 1. The predicted molar refractivity (Wildman–Crippen MR) is 75.4 cm³/mol. The molecule has 104 valence electrons. The normalized spacial score (nSPS) is 16.0. The molecule has 19 heavy (non-hydrogen) atoms. The van der Waals surface area contributed by atoms with Crippen LogP contribution in [-0.4, -0.2) is 37.6 Å². The largest absolute Gasteiger partial charge is 0.496 e. The molecule has 4 nitrogen and oxygen atoms in total. The number of benzene rings is 1. The van der Waals surface area contributed by atoms with Crippen LogP contribution in [0.25, 0.3) is 0 Å². The Morgan fingerprint density at radius 1 is 1.53 bits per heavy atom. The van der Waals surface area contributed by atoms with Crippen LogP contribution in [0.4, 0.5) is 0 Å². The second kappa shape index (κ2) is 5.61. The van der Waals surface area contributed by atoms with Gasteiger partial charge in [0.25, 0.3) is 5.91 Å². The zero-order valence-electron chi connectivity index (χ0n) is 11.8. The first-order valence-corrected chi connectivity index (χ1v) is 6.70. The number of aryl methyl sites for hydroxylation is 1. The quantitative estimate of drug-likeness (QED) is 0.880. The van der Waals surface area contributed by atoms with Crippen LogP contribution in [-0.2, 0) is 0 Å². The minimum absolute atomic E-state index is 0.0112. The van der Waals surface area contributed by atoms with Crippen LogP contribution in [0.15, 0.2) is 18.2 Å². The Kier molecular flexibility index (Phi) is 4.10. The van der Waals surface area contributed by atoms with Crippen LogP contribution in [0.2, 0.25) is 0 Å². The van der Waals surface area contributed by atoms with Crippen molar-refractivity contribution >= 4 is 5.91 Å². The van der Waals surface area contributed by atoms with Crippen molar-refractivity contribution < 1.29 is 9.53 Å². The van der Waals surface area contributed by atoms with Gasteiger partial charge >= 0.3 is 0 Å². The SMILES string of the molecule is COc1ccc(C)cc1C(=O)N(C)C(CN)C1CC1. The van der Waals surface area contributed by atoms with Gasteiger partial charge in [0.1, 0.15) is 5.75 Å². The van der Waals surface area contributed by atoms with Gasteiger partial charge in [-0.05, 0) is 37.8 Å². The topological polar surface area (TPSA) is 55.6 Å². The van der Waals surface area contributed by atoms with Crippen LogP contribution < -0.4 is 10.5 Å². The number of hydrogen-bond donors (Lipinski definition) is 1. The van der Waals surface area contributed by atoms with Gasteiger partial charge in [0, 0.05) is 19.6 Å². The van der Waals surface area contributed by atoms with E-state index in [0.29, 0.717) is 23.8 Å². The van der Waals surface area contributed by atoms with Gasteiger partial charge in [0.15, 0.2) is 0 Å². The predicted octanol–water partition coefficient (Wildman–Crippen LogP) is 1.81. The summed E-state index contributed by atoms with van der Waals surface area (Å²) in [4.78, 5) is 14.4. The summed E-state index contributed by atoms with van der Waals surface area (Å²) in [5, 5.41) is 0. The number of nitrogens with zero attached hydrogens (tertiary/aromatic N) is 1. The molecule has 2 N–H and O–H groups in total. The number of ether oxygens (including phenoxy) is 1. The zero-order chi connectivity index (χ0) is 14.0. The third kappa shape index (κ3) is 2.89. The standard InChI is InChI=1S/C15H22N2O2/c1-10-4-7-14(19-3)12(8-10)15(18)17(2)13(9-16)11-5-6-11/h4,7-8,11,13H,5-6,9,16H2,1-3H3. The number of carbonyl (C=O) groups is 1. The number of nitrogens with two attached hydrogens (primary N) is 1. The van der Waals surface area contributed by atoms with Gasteiger partial charge in [-0.2, -0.15) is 0 Å². The average molecular weight is 262 g/mol. The first kappa shape index (κ1) is 13.9. The molecule has 1 fully saturated rings. The molecule has 0 heterocycles. The van der Waals surface area contributed by atoms with E-state index in [1.165, 1.54) is 12.8 Å². The molecule has 0 spiro atoms. The lowest BCUT2D eigenvalue weighted by Crippen LogP contribution is -2.43. The van der Waals surface area contributed by atoms with Crippen molar-refractivity contribution in [2.45, 2.75) is 25.8 Å². The lowest BCUT2D eigenvalue weighted by molar-refractivity contribution is 0.0715. The fraction of sp³-hybridized carbons (Fsp3) is 0.533. The Bertz CT molecular complexity index is 469. The van der Waals surface area contributed by atoms with Gasteiger partial charge in [0.05, 0.1) is 12.7 Å². The fourth-order valence-electron chi connectivity index (χ4n) is 2.48. The molecular weight excluding hydrogens is 240 g/mol. The molecule has 0 saturated heterocycles. The molecule has 1 aliphatic carbocycles. The highest BCUT2D eigenvalue weighted by Crippen LogP contribution is 2.35. The minimum Gasteiger partial charge on any atom is -0.496 e. The summed E-state index contributed by atoms with van der Waals surface area (Å²) in [6.07, 6.45) is 2.34. The zero-order valence-corrected chi connectivity index (χ0v) is 11.8. The Morgan fingerprint density at radius 2 is 2.21 bits per heavy atom. The molecule has 0 aromatic heterocycles. The van der Waals surface area contributed by atoms with Crippen LogP contribution in [0.5, 0.6) is 5.75 Å². The van der Waals surface area contributed by atoms with Crippen LogP contribution in [0.1, 0.15) is 28.8 Å². The van der Waals surface area contributed by atoms with Gasteiger partial charge in [-0.25, -0.2) is 0 Å². The summed E-state index contributed by atoms with van der Waals surface area (Å²) >= 11 is 0. The highest BCUT2D eigenvalue weighted by atomic mass is 16.5. The summed E-state index contributed by atoms with van der Waals surface area (Å²) in [5.74, 6) is 1.17. The van der Waals surface area contributed by atoms with Crippen LogP contribution >= 0.6 is 0 Å². The van der Waals surface area contributed by atoms with Crippen molar-refractivity contribution in [3.05, 3.63) is 29.3 Å². The summed E-state index contributed by atoms with van der Waals surface area (Å²) in [6, 6.07) is 5.79. The van der Waals surface area contributed by atoms with E-state index in [1.54, 1.807) is 12.0 Å². The van der Waals surface area contributed by atoms with Crippen LogP contribution in [0.3, 0.4) is 0 Å². The number of carbonyl (C=O) groups excluding carboxylic acids is 1. The lowest BCUT2D eigenvalue weighted by Gasteiger charge is -2.27. The maximum Gasteiger partial charge on any atom is 0.257 e. The molecule has 1 aliphatic rings. The van der Waals surface area contributed by atoms with Gasteiger partial charge in [-0.15, -0.1) is 0 Å². The highest BCUT2D eigenvalue weighted by Gasteiger charge is 2.35. The minimum atomic E-state index is -0.0112. The molecule has 1 aromatic rings. The molecule has 0 bridgehead atoms. The number of likely N-dealkylation sites (N-methyl/N-ethyl adjacent to an activating group) is 1. The summed E-state index contributed by atoms with van der Waals surface area (Å²) < 4.78 is 5.28. The third-order valence-corrected chi connectivity index (χ3v) is 3.81.